The van der Waals surface area contributed by atoms with Gasteiger partial charge in [-0.1, -0.05) is 149 Å². The Morgan fingerprint density at radius 1 is 0.632 bits per heavy atom. The van der Waals surface area contributed by atoms with Crippen molar-refractivity contribution >= 4 is 79.0 Å². The van der Waals surface area contributed by atoms with Gasteiger partial charge in [0.15, 0.2) is 0 Å². The van der Waals surface area contributed by atoms with Crippen LogP contribution in [0.15, 0.2) is 78.0 Å². The molecule has 368 valence electrons. The maximum Gasteiger partial charge on any atom is 0.351 e. The molecule has 2 aromatic carbocycles. The normalized spacial score (nSPS) is 12.5. The number of aromatic nitrogens is 1. The Morgan fingerprint density at radius 2 is 1.22 bits per heavy atom. The lowest BCUT2D eigenvalue weighted by Gasteiger charge is -2.11. The van der Waals surface area contributed by atoms with Crippen molar-refractivity contribution in [2.24, 2.45) is 5.73 Å². The molecule has 0 amide bonds. The summed E-state index contributed by atoms with van der Waals surface area (Å²) >= 11 is 5.64. The highest BCUT2D eigenvalue weighted by atomic mass is 32.1. The number of thiophene rings is 3. The summed E-state index contributed by atoms with van der Waals surface area (Å²) in [5.41, 5.74) is 18.3. The third-order valence-corrected chi connectivity index (χ3v) is 17.3. The Bertz CT molecular complexity index is 2600. The van der Waals surface area contributed by atoms with Crippen molar-refractivity contribution in [1.29, 1.82) is 0 Å². The van der Waals surface area contributed by atoms with Gasteiger partial charge in [-0.15, -0.1) is 34.0 Å². The maximum absolute atomic E-state index is 11.7. The van der Waals surface area contributed by atoms with E-state index in [4.69, 9.17) is 5.73 Å². The Labute approximate surface area is 423 Å². The van der Waals surface area contributed by atoms with Crippen LogP contribution in [-0.4, -0.2) is 15.6 Å². The number of fused-ring (bicyclic) bond motifs is 3. The number of hydrogen-bond donors (Lipinski definition) is 2. The second-order valence-corrected chi connectivity index (χ2v) is 21.7. The number of nitrogens with zero attached hydrogens (tertiary/aromatic N) is 1. The van der Waals surface area contributed by atoms with Crippen molar-refractivity contribution in [1.82, 2.24) is 4.57 Å². The van der Waals surface area contributed by atoms with Gasteiger partial charge in [0.2, 0.25) is 0 Å². The monoisotopic (exact) mass is 973 g/mol. The molecule has 4 aromatic heterocycles. The highest BCUT2D eigenvalue weighted by Gasteiger charge is 2.20. The van der Waals surface area contributed by atoms with Crippen LogP contribution in [0.1, 0.15) is 203 Å². The van der Waals surface area contributed by atoms with E-state index in [0.29, 0.717) is 0 Å². The summed E-state index contributed by atoms with van der Waals surface area (Å²) in [6.07, 6.45) is 28.1. The third-order valence-electron chi connectivity index (χ3n) is 13.4. The first-order valence-corrected chi connectivity index (χ1v) is 29.1. The van der Waals surface area contributed by atoms with E-state index in [2.05, 4.69) is 120 Å². The molecule has 0 saturated carbocycles. The number of aryl methyl sites for hydroxylation is 4. The lowest BCUT2D eigenvalue weighted by Crippen LogP contribution is -2.08. The molecule has 0 aliphatic heterocycles. The van der Waals surface area contributed by atoms with Crippen LogP contribution >= 0.6 is 34.0 Å². The number of aliphatic carboxylic acids is 1. The molecular weight excluding hydrogens is 889 g/mol. The van der Waals surface area contributed by atoms with E-state index in [-0.39, 0.29) is 5.70 Å². The first-order valence-electron chi connectivity index (χ1n) is 26.6. The average Bonchev–Trinajstić information content (AvgIpc) is 4.15. The Morgan fingerprint density at radius 3 is 1.84 bits per heavy atom. The Kier molecular flexibility index (Phi) is 22.9. The first kappa shape index (κ1) is 54.8. The predicted octanol–water partition coefficient (Wildman–Crippen LogP) is 20.0. The summed E-state index contributed by atoms with van der Waals surface area (Å²) in [7, 11) is 0. The van der Waals surface area contributed by atoms with Crippen molar-refractivity contribution in [3.8, 4) is 20.2 Å². The second-order valence-electron chi connectivity index (χ2n) is 18.6. The van der Waals surface area contributed by atoms with Gasteiger partial charge in [-0.2, -0.15) is 0 Å². The van der Waals surface area contributed by atoms with Crippen LogP contribution in [0.4, 0.5) is 0 Å². The van der Waals surface area contributed by atoms with Gasteiger partial charge in [-0.25, -0.2) is 4.79 Å². The molecule has 6 aromatic rings. The molecule has 7 heteroatoms. The van der Waals surface area contributed by atoms with E-state index in [9.17, 15) is 9.90 Å². The highest BCUT2D eigenvalue weighted by molar-refractivity contribution is 7.23. The number of carboxylic acids is 1. The number of hydrogen-bond acceptors (Lipinski definition) is 5. The molecular formula is C61H84N2O2S3. The molecule has 0 fully saturated rings. The van der Waals surface area contributed by atoms with Crippen LogP contribution < -0.4 is 5.73 Å². The molecule has 0 aliphatic rings. The minimum absolute atomic E-state index is 0.112. The highest BCUT2D eigenvalue weighted by Crippen LogP contribution is 2.45. The molecule has 0 spiro atoms. The molecule has 0 unspecified atom stereocenters. The van der Waals surface area contributed by atoms with Crippen molar-refractivity contribution in [3.63, 3.8) is 0 Å². The van der Waals surface area contributed by atoms with Crippen molar-refractivity contribution < 1.29 is 9.90 Å². The van der Waals surface area contributed by atoms with E-state index < -0.39 is 5.97 Å². The summed E-state index contributed by atoms with van der Waals surface area (Å²) in [5.74, 6) is -1.07. The zero-order valence-corrected chi connectivity index (χ0v) is 45.8. The zero-order chi connectivity index (χ0) is 49.0. The Hall–Kier alpha value is -4.17. The van der Waals surface area contributed by atoms with Gasteiger partial charge in [0.25, 0.3) is 0 Å². The molecule has 0 radical (unpaired) electrons. The number of para-hydroxylation sites is 1. The average molecular weight is 974 g/mol. The molecule has 0 bridgehead atoms. The number of carbonyl (C=O) groups is 1. The van der Waals surface area contributed by atoms with Crippen molar-refractivity contribution in [3.05, 3.63) is 109 Å². The number of nitrogens with two attached hydrogens (primary N) is 1. The molecule has 6 rings (SSSR count). The van der Waals surface area contributed by atoms with Gasteiger partial charge >= 0.3 is 5.97 Å². The van der Waals surface area contributed by atoms with Crippen LogP contribution in [0.3, 0.4) is 0 Å². The number of carboxylic acid groups (broad SMARTS) is 1. The minimum atomic E-state index is -1.07. The van der Waals surface area contributed by atoms with E-state index in [1.54, 1.807) is 17.4 Å². The molecule has 4 nitrogen and oxygen atoms in total. The molecule has 0 atom stereocenters. The van der Waals surface area contributed by atoms with Crippen molar-refractivity contribution in [2.45, 2.75) is 197 Å². The summed E-state index contributed by atoms with van der Waals surface area (Å²) in [6.45, 7) is 21.1. The minimum Gasteiger partial charge on any atom is -0.477 e. The summed E-state index contributed by atoms with van der Waals surface area (Å²) < 4.78 is 2.46. The molecule has 0 saturated heterocycles. The molecule has 3 N–H and O–H groups in total. The SMILES string of the molecule is CC.CCCCCCC(/C=C(\C)c1sc(-c2sc(/C=C(/N)C(=O)O)cc2CCCCCC)cc1CCCCCC)=C(/C)c1cc(CCCCCC)c(-c2ccc3c(c2)c2ccccc2n3CC)s1. The van der Waals surface area contributed by atoms with E-state index >= 15 is 0 Å². The first-order chi connectivity index (χ1) is 33.1. The van der Waals surface area contributed by atoms with Gasteiger partial charge in [0, 0.05) is 57.6 Å². The van der Waals surface area contributed by atoms with Crippen LogP contribution in [0.2, 0.25) is 0 Å². The van der Waals surface area contributed by atoms with E-state index in [0.717, 1.165) is 43.5 Å². The van der Waals surface area contributed by atoms with E-state index in [1.807, 2.05) is 36.5 Å². The zero-order valence-electron chi connectivity index (χ0n) is 43.4. The van der Waals surface area contributed by atoms with Gasteiger partial charge in [-0.3, -0.25) is 0 Å². The largest absolute Gasteiger partial charge is 0.477 e. The predicted molar refractivity (Wildman–Crippen MR) is 306 cm³/mol. The summed E-state index contributed by atoms with van der Waals surface area (Å²) in [6, 6.07) is 23.4. The van der Waals surface area contributed by atoms with Gasteiger partial charge < -0.3 is 15.4 Å². The maximum atomic E-state index is 11.7. The van der Waals surface area contributed by atoms with Gasteiger partial charge in [-0.05, 0) is 154 Å². The number of allylic oxidation sites excluding steroid dienone is 4. The number of unbranched alkanes of at least 4 members (excludes halogenated alkanes) is 12. The standard InChI is InChI=1S/C59H78N2O2S3.C2H6/c1-8-13-17-21-27-43(42(7)54-38-46(30-24-20-16-11-4)57(65-54)47-33-34-53-50(37-47)49-31-25-26-32-52(49)61(53)12-5)35-41(6)56-45(29-23-19-15-10-3)39-55(66-56)58-44(28-22-18-14-9-2)36-48(64-58)40-51(60)59(62)63;1-2/h25-26,31-40H,8-24,27-30,60H2,1-7H3,(H,62,63);1-2H3/b41-35+,43-42+,51-40+;. The topological polar surface area (TPSA) is 68.2 Å². The van der Waals surface area contributed by atoms with Gasteiger partial charge in [0.1, 0.15) is 5.70 Å². The van der Waals surface area contributed by atoms with E-state index in [1.165, 1.54) is 181 Å². The third kappa shape index (κ3) is 14.4. The summed E-state index contributed by atoms with van der Waals surface area (Å²) in [5, 5.41) is 12.3. The van der Waals surface area contributed by atoms with Gasteiger partial charge in [0.05, 0.1) is 0 Å². The Balaban J connectivity index is 0.00000426. The summed E-state index contributed by atoms with van der Waals surface area (Å²) in [4.78, 5) is 19.5. The molecule has 0 aliphatic carbocycles. The number of benzene rings is 2. The van der Waals surface area contributed by atoms with Crippen LogP contribution in [0.5, 0.6) is 0 Å². The fraction of sp³-hybridized carbons (Fsp3) is 0.492. The fourth-order valence-electron chi connectivity index (χ4n) is 9.59. The van der Waals surface area contributed by atoms with Crippen LogP contribution in [0.25, 0.3) is 59.2 Å². The van der Waals surface area contributed by atoms with Crippen LogP contribution in [-0.2, 0) is 30.6 Å². The molecule has 68 heavy (non-hydrogen) atoms. The molecule has 4 heterocycles. The lowest BCUT2D eigenvalue weighted by molar-refractivity contribution is -0.132. The number of rotatable bonds is 28. The second kappa shape index (κ2) is 28.5. The quantitative estimate of drug-likeness (QED) is 0.0292. The van der Waals surface area contributed by atoms with Crippen LogP contribution in [0, 0.1) is 0 Å². The fourth-order valence-corrected chi connectivity index (χ4v) is 13.3. The smallest absolute Gasteiger partial charge is 0.351 e. The lowest BCUT2D eigenvalue weighted by atomic mass is 9.96. The van der Waals surface area contributed by atoms with Crippen molar-refractivity contribution in [2.75, 3.05) is 0 Å².